The minimum absolute atomic E-state index is 0.164. The maximum atomic E-state index is 13.4. The second-order valence-electron chi connectivity index (χ2n) is 3.78. The molecule has 0 atom stereocenters. The van der Waals surface area contributed by atoms with Crippen molar-refractivity contribution in [3.8, 4) is 0 Å². The number of aromatic nitrogens is 2. The summed E-state index contributed by atoms with van der Waals surface area (Å²) in [4.78, 5) is 0. The van der Waals surface area contributed by atoms with Crippen LogP contribution in [0.5, 0.6) is 0 Å². The maximum Gasteiger partial charge on any atom is 0.127 e. The van der Waals surface area contributed by atoms with Crippen molar-refractivity contribution in [2.24, 2.45) is 0 Å². The van der Waals surface area contributed by atoms with Gasteiger partial charge in [0, 0.05) is 30.5 Å². The highest BCUT2D eigenvalue weighted by Crippen LogP contribution is 2.09. The van der Waals surface area contributed by atoms with Gasteiger partial charge in [-0.3, -0.25) is 5.10 Å². The van der Waals surface area contributed by atoms with E-state index in [9.17, 15) is 4.39 Å². The number of halogens is 1. The van der Waals surface area contributed by atoms with Gasteiger partial charge in [0.2, 0.25) is 0 Å². The highest BCUT2D eigenvalue weighted by Gasteiger charge is 2.01. The third kappa shape index (κ3) is 2.67. The molecule has 0 amide bonds. The van der Waals surface area contributed by atoms with Crippen molar-refractivity contribution in [1.29, 1.82) is 0 Å². The topological polar surface area (TPSA) is 40.7 Å². The zero-order chi connectivity index (χ0) is 11.4. The van der Waals surface area contributed by atoms with Crippen LogP contribution in [0.25, 0.3) is 0 Å². The van der Waals surface area contributed by atoms with Crippen LogP contribution < -0.4 is 5.32 Å². The van der Waals surface area contributed by atoms with E-state index in [0.29, 0.717) is 18.7 Å². The molecule has 1 heterocycles. The zero-order valence-electron chi connectivity index (χ0n) is 9.13. The summed E-state index contributed by atoms with van der Waals surface area (Å²) in [5, 5.41) is 9.84. The van der Waals surface area contributed by atoms with Crippen LogP contribution in [0.4, 0.5) is 4.39 Å². The number of hydrogen-bond acceptors (Lipinski definition) is 2. The molecule has 0 saturated carbocycles. The number of aromatic amines is 1. The summed E-state index contributed by atoms with van der Waals surface area (Å²) >= 11 is 0. The van der Waals surface area contributed by atoms with Crippen LogP contribution in [0, 0.1) is 12.7 Å². The average molecular weight is 219 g/mol. The van der Waals surface area contributed by atoms with E-state index < -0.39 is 0 Å². The number of H-pyrrole nitrogens is 1. The lowest BCUT2D eigenvalue weighted by molar-refractivity contribution is 0.585. The first kappa shape index (κ1) is 10.8. The van der Waals surface area contributed by atoms with Gasteiger partial charge in [0.1, 0.15) is 5.82 Å². The predicted octanol–water partition coefficient (Wildman–Crippen LogP) is 2.15. The van der Waals surface area contributed by atoms with Crippen molar-refractivity contribution in [3.05, 3.63) is 53.1 Å². The summed E-state index contributed by atoms with van der Waals surface area (Å²) in [7, 11) is 0. The van der Waals surface area contributed by atoms with Crippen LogP contribution in [-0.4, -0.2) is 10.2 Å². The summed E-state index contributed by atoms with van der Waals surface area (Å²) in [6, 6.07) is 7.02. The molecule has 0 fully saturated rings. The van der Waals surface area contributed by atoms with Gasteiger partial charge >= 0.3 is 0 Å². The molecule has 0 bridgehead atoms. The van der Waals surface area contributed by atoms with Gasteiger partial charge in [-0.05, 0) is 19.1 Å². The quantitative estimate of drug-likeness (QED) is 0.827. The summed E-state index contributed by atoms with van der Waals surface area (Å²) < 4.78 is 13.4. The molecule has 0 radical (unpaired) electrons. The molecule has 3 nitrogen and oxygen atoms in total. The Hall–Kier alpha value is -1.68. The summed E-state index contributed by atoms with van der Waals surface area (Å²) in [5.41, 5.74) is 2.76. The summed E-state index contributed by atoms with van der Waals surface area (Å²) in [5.74, 6) is -0.164. The Labute approximate surface area is 93.7 Å². The van der Waals surface area contributed by atoms with E-state index >= 15 is 0 Å². The van der Waals surface area contributed by atoms with E-state index in [1.54, 1.807) is 12.3 Å². The van der Waals surface area contributed by atoms with Crippen LogP contribution in [0.2, 0.25) is 0 Å². The molecular weight excluding hydrogens is 205 g/mol. The molecule has 0 aliphatic heterocycles. The Morgan fingerprint density at radius 3 is 2.94 bits per heavy atom. The Balaban J connectivity index is 1.92. The van der Waals surface area contributed by atoms with Crippen LogP contribution in [0.3, 0.4) is 0 Å². The molecular formula is C12H14FN3. The number of nitrogens with one attached hydrogen (secondary N) is 2. The zero-order valence-corrected chi connectivity index (χ0v) is 9.13. The first-order valence-electron chi connectivity index (χ1n) is 5.20. The Morgan fingerprint density at radius 2 is 2.19 bits per heavy atom. The first-order chi connectivity index (χ1) is 7.75. The number of aryl methyl sites for hydroxylation is 1. The summed E-state index contributed by atoms with van der Waals surface area (Å²) in [6.07, 6.45) is 1.70. The number of benzene rings is 1. The van der Waals surface area contributed by atoms with Crippen molar-refractivity contribution < 1.29 is 4.39 Å². The van der Waals surface area contributed by atoms with Crippen LogP contribution >= 0.6 is 0 Å². The molecule has 1 aromatic heterocycles. The molecule has 0 saturated heterocycles. The largest absolute Gasteiger partial charge is 0.307 e. The normalized spacial score (nSPS) is 10.6. The van der Waals surface area contributed by atoms with Crippen molar-refractivity contribution in [3.63, 3.8) is 0 Å². The number of nitrogens with zero attached hydrogens (tertiary/aromatic N) is 1. The van der Waals surface area contributed by atoms with Crippen molar-refractivity contribution in [1.82, 2.24) is 15.5 Å². The van der Waals surface area contributed by atoms with Crippen molar-refractivity contribution >= 4 is 0 Å². The molecule has 2 N–H and O–H groups in total. The van der Waals surface area contributed by atoms with E-state index in [0.717, 1.165) is 11.3 Å². The SMILES string of the molecule is Cc1ccc(F)c(CNCc2ccn[nH]2)c1. The standard InChI is InChI=1S/C12H14FN3/c1-9-2-3-12(13)10(6-9)7-14-8-11-4-5-15-16-11/h2-6,14H,7-8H2,1H3,(H,15,16). The van der Waals surface area contributed by atoms with Crippen LogP contribution in [-0.2, 0) is 13.1 Å². The monoisotopic (exact) mass is 219 g/mol. The predicted molar refractivity (Wildman–Crippen MR) is 60.3 cm³/mol. The highest BCUT2D eigenvalue weighted by molar-refractivity contribution is 5.23. The first-order valence-corrected chi connectivity index (χ1v) is 5.20. The lowest BCUT2D eigenvalue weighted by Gasteiger charge is -2.05. The number of hydrogen-bond donors (Lipinski definition) is 2. The highest BCUT2D eigenvalue weighted by atomic mass is 19.1. The maximum absolute atomic E-state index is 13.4. The fourth-order valence-corrected chi connectivity index (χ4v) is 1.55. The Bertz CT molecular complexity index is 451. The molecule has 2 rings (SSSR count). The van der Waals surface area contributed by atoms with E-state index in [1.165, 1.54) is 6.07 Å². The van der Waals surface area contributed by atoms with Gasteiger partial charge in [0.15, 0.2) is 0 Å². The van der Waals surface area contributed by atoms with E-state index in [4.69, 9.17) is 0 Å². The minimum Gasteiger partial charge on any atom is -0.307 e. The van der Waals surface area contributed by atoms with Gasteiger partial charge in [-0.2, -0.15) is 5.10 Å². The minimum atomic E-state index is -0.164. The van der Waals surface area contributed by atoms with Crippen LogP contribution in [0.15, 0.2) is 30.5 Å². The van der Waals surface area contributed by atoms with Gasteiger partial charge in [0.25, 0.3) is 0 Å². The Morgan fingerprint density at radius 1 is 1.31 bits per heavy atom. The molecule has 0 spiro atoms. The molecule has 84 valence electrons. The lowest BCUT2D eigenvalue weighted by Crippen LogP contribution is -2.14. The molecule has 0 aliphatic rings. The second-order valence-corrected chi connectivity index (χ2v) is 3.78. The van der Waals surface area contributed by atoms with Crippen molar-refractivity contribution in [2.45, 2.75) is 20.0 Å². The van der Waals surface area contributed by atoms with Gasteiger partial charge in [-0.1, -0.05) is 17.7 Å². The second kappa shape index (κ2) is 4.90. The molecule has 0 unspecified atom stereocenters. The fourth-order valence-electron chi connectivity index (χ4n) is 1.55. The lowest BCUT2D eigenvalue weighted by atomic mass is 10.1. The van der Waals surface area contributed by atoms with Crippen molar-refractivity contribution in [2.75, 3.05) is 0 Å². The Kier molecular flexibility index (Phi) is 3.31. The molecule has 16 heavy (non-hydrogen) atoms. The third-order valence-corrected chi connectivity index (χ3v) is 2.39. The van der Waals surface area contributed by atoms with Gasteiger partial charge < -0.3 is 5.32 Å². The van der Waals surface area contributed by atoms with Gasteiger partial charge in [0.05, 0.1) is 0 Å². The van der Waals surface area contributed by atoms with E-state index in [-0.39, 0.29) is 5.82 Å². The van der Waals surface area contributed by atoms with E-state index in [1.807, 2.05) is 19.1 Å². The average Bonchev–Trinajstić information content (AvgIpc) is 2.76. The van der Waals surface area contributed by atoms with Gasteiger partial charge in [-0.15, -0.1) is 0 Å². The smallest absolute Gasteiger partial charge is 0.127 e. The van der Waals surface area contributed by atoms with Crippen LogP contribution in [0.1, 0.15) is 16.8 Å². The fraction of sp³-hybridized carbons (Fsp3) is 0.250. The third-order valence-electron chi connectivity index (χ3n) is 2.39. The summed E-state index contributed by atoms with van der Waals surface area (Å²) in [6.45, 7) is 3.14. The molecule has 2 aromatic rings. The molecule has 4 heteroatoms. The van der Waals surface area contributed by atoms with E-state index in [2.05, 4.69) is 15.5 Å². The number of rotatable bonds is 4. The molecule has 0 aliphatic carbocycles. The molecule has 1 aromatic carbocycles. The van der Waals surface area contributed by atoms with Gasteiger partial charge in [-0.25, -0.2) is 4.39 Å².